The molecule has 3 heterocycles. The highest BCUT2D eigenvalue weighted by Gasteiger charge is 2.22. The molecule has 0 amide bonds. The highest BCUT2D eigenvalue weighted by atomic mass is 32.1. The molecule has 1 aliphatic carbocycles. The minimum absolute atomic E-state index is 0.0777. The Hall–Kier alpha value is -3.19. The molecule has 0 aliphatic heterocycles. The second-order valence-electron chi connectivity index (χ2n) is 6.18. The van der Waals surface area contributed by atoms with Crippen LogP contribution in [0, 0.1) is 0 Å². The standard InChI is InChI=1S/C20H14N2O4S/c23-20(25-11-17-21-22-19(26-17)15-6-3-9-24-15)16-10-13-8-7-12-4-1-2-5-14(12)18(13)27-16/h1-6,9-10H,7-8,11H2. The molecule has 1 aromatic carbocycles. The summed E-state index contributed by atoms with van der Waals surface area (Å²) in [5.41, 5.74) is 3.73. The number of fused-ring (bicyclic) bond motifs is 3. The first-order valence-electron chi connectivity index (χ1n) is 8.52. The van der Waals surface area contributed by atoms with Crippen LogP contribution in [0.3, 0.4) is 0 Å². The first kappa shape index (κ1) is 16.0. The zero-order valence-corrected chi connectivity index (χ0v) is 15.0. The molecule has 0 unspecified atom stereocenters. The van der Waals surface area contributed by atoms with E-state index >= 15 is 0 Å². The Morgan fingerprint density at radius 3 is 2.89 bits per heavy atom. The number of nitrogens with zero attached hydrogens (tertiary/aromatic N) is 2. The van der Waals surface area contributed by atoms with Gasteiger partial charge >= 0.3 is 5.97 Å². The van der Waals surface area contributed by atoms with Gasteiger partial charge in [0.25, 0.3) is 11.8 Å². The van der Waals surface area contributed by atoms with Crippen molar-refractivity contribution in [3.05, 3.63) is 70.6 Å². The van der Waals surface area contributed by atoms with Crippen LogP contribution in [0.5, 0.6) is 0 Å². The molecule has 27 heavy (non-hydrogen) atoms. The summed E-state index contributed by atoms with van der Waals surface area (Å²) in [4.78, 5) is 14.2. The van der Waals surface area contributed by atoms with Crippen LogP contribution in [0.15, 0.2) is 57.6 Å². The first-order chi connectivity index (χ1) is 13.3. The Balaban J connectivity index is 1.31. The van der Waals surface area contributed by atoms with Crippen molar-refractivity contribution in [2.45, 2.75) is 19.4 Å². The van der Waals surface area contributed by atoms with E-state index in [1.165, 1.54) is 34.3 Å². The monoisotopic (exact) mass is 378 g/mol. The molecule has 0 N–H and O–H groups in total. The van der Waals surface area contributed by atoms with Crippen LogP contribution >= 0.6 is 11.3 Å². The van der Waals surface area contributed by atoms with E-state index < -0.39 is 0 Å². The van der Waals surface area contributed by atoms with Gasteiger partial charge in [0.1, 0.15) is 4.88 Å². The van der Waals surface area contributed by atoms with Crippen molar-refractivity contribution in [1.29, 1.82) is 0 Å². The zero-order chi connectivity index (χ0) is 18.2. The van der Waals surface area contributed by atoms with Crippen LogP contribution in [0.25, 0.3) is 22.1 Å². The van der Waals surface area contributed by atoms with E-state index in [0.717, 1.165) is 17.7 Å². The molecule has 0 atom stereocenters. The average Bonchev–Trinajstić information content (AvgIpc) is 3.45. The number of hydrogen-bond donors (Lipinski definition) is 0. The summed E-state index contributed by atoms with van der Waals surface area (Å²) >= 11 is 1.47. The van der Waals surface area contributed by atoms with Gasteiger partial charge in [-0.25, -0.2) is 4.79 Å². The van der Waals surface area contributed by atoms with Gasteiger partial charge < -0.3 is 13.6 Å². The molecule has 1 aliphatic rings. The third kappa shape index (κ3) is 2.96. The molecular formula is C20H14N2O4S. The molecular weight excluding hydrogens is 364 g/mol. The van der Waals surface area contributed by atoms with Crippen molar-refractivity contribution in [3.63, 3.8) is 0 Å². The van der Waals surface area contributed by atoms with Crippen molar-refractivity contribution in [2.75, 3.05) is 0 Å². The number of aromatic nitrogens is 2. The van der Waals surface area contributed by atoms with Crippen LogP contribution < -0.4 is 0 Å². The summed E-state index contributed by atoms with van der Waals surface area (Å²) in [7, 11) is 0. The Kier molecular flexibility index (Phi) is 3.86. The van der Waals surface area contributed by atoms with Crippen LogP contribution in [0.4, 0.5) is 0 Å². The quantitative estimate of drug-likeness (QED) is 0.486. The van der Waals surface area contributed by atoms with Gasteiger partial charge in [-0.2, -0.15) is 0 Å². The number of carbonyl (C=O) groups excluding carboxylic acids is 1. The highest BCUT2D eigenvalue weighted by molar-refractivity contribution is 7.17. The number of ether oxygens (including phenoxy) is 1. The lowest BCUT2D eigenvalue weighted by Gasteiger charge is -2.15. The van der Waals surface area contributed by atoms with Gasteiger partial charge in [0.2, 0.25) is 0 Å². The van der Waals surface area contributed by atoms with Crippen LogP contribution in [-0.2, 0) is 24.2 Å². The summed E-state index contributed by atoms with van der Waals surface area (Å²) in [6, 6.07) is 13.7. The smallest absolute Gasteiger partial charge is 0.348 e. The van der Waals surface area contributed by atoms with Crippen LogP contribution in [0.2, 0.25) is 0 Å². The van der Waals surface area contributed by atoms with E-state index in [1.807, 2.05) is 18.2 Å². The minimum Gasteiger partial charge on any atom is -0.459 e. The number of rotatable bonds is 4. The molecule has 6 nitrogen and oxygen atoms in total. The van der Waals surface area contributed by atoms with Crippen molar-refractivity contribution in [1.82, 2.24) is 10.2 Å². The summed E-state index contributed by atoms with van der Waals surface area (Å²) in [6.45, 7) is -0.0777. The molecule has 0 saturated carbocycles. The Morgan fingerprint density at radius 2 is 2.00 bits per heavy atom. The van der Waals surface area contributed by atoms with Crippen molar-refractivity contribution in [2.24, 2.45) is 0 Å². The second kappa shape index (κ2) is 6.51. The second-order valence-corrected chi connectivity index (χ2v) is 7.23. The molecule has 0 spiro atoms. The van der Waals surface area contributed by atoms with Gasteiger partial charge in [-0.1, -0.05) is 24.3 Å². The van der Waals surface area contributed by atoms with Crippen LogP contribution in [-0.4, -0.2) is 16.2 Å². The molecule has 0 fully saturated rings. The van der Waals surface area contributed by atoms with Gasteiger partial charge in [0.15, 0.2) is 12.4 Å². The number of benzene rings is 1. The maximum atomic E-state index is 12.5. The topological polar surface area (TPSA) is 78.4 Å². The summed E-state index contributed by atoms with van der Waals surface area (Å²) in [6.07, 6.45) is 3.45. The van der Waals surface area contributed by atoms with Gasteiger partial charge in [0.05, 0.1) is 6.26 Å². The van der Waals surface area contributed by atoms with E-state index in [1.54, 1.807) is 12.1 Å². The molecule has 0 radical (unpaired) electrons. The molecule has 0 bridgehead atoms. The minimum atomic E-state index is -0.385. The lowest BCUT2D eigenvalue weighted by Crippen LogP contribution is -2.03. The lowest BCUT2D eigenvalue weighted by atomic mass is 9.91. The fourth-order valence-electron chi connectivity index (χ4n) is 3.18. The molecule has 0 saturated heterocycles. The van der Waals surface area contributed by atoms with E-state index in [0.29, 0.717) is 10.6 Å². The Morgan fingerprint density at radius 1 is 1.11 bits per heavy atom. The average molecular weight is 378 g/mol. The zero-order valence-electron chi connectivity index (χ0n) is 14.2. The molecule has 3 aromatic heterocycles. The fourth-order valence-corrected chi connectivity index (χ4v) is 4.35. The SMILES string of the molecule is O=C(OCc1nnc(-c2ccco2)o1)c1cc2c(s1)-c1ccccc1CC2. The van der Waals surface area contributed by atoms with Crippen LogP contribution in [0.1, 0.15) is 26.7 Å². The maximum Gasteiger partial charge on any atom is 0.348 e. The largest absolute Gasteiger partial charge is 0.459 e. The van der Waals surface area contributed by atoms with E-state index in [2.05, 4.69) is 22.3 Å². The van der Waals surface area contributed by atoms with Crippen molar-refractivity contribution in [3.8, 4) is 22.1 Å². The lowest BCUT2D eigenvalue weighted by molar-refractivity contribution is 0.0444. The normalized spacial score (nSPS) is 12.4. The van der Waals surface area contributed by atoms with E-state index in [4.69, 9.17) is 13.6 Å². The van der Waals surface area contributed by atoms with Crippen molar-refractivity contribution < 1.29 is 18.4 Å². The summed E-state index contributed by atoms with van der Waals surface area (Å²) in [5, 5.41) is 7.77. The highest BCUT2D eigenvalue weighted by Crippen LogP contribution is 2.39. The first-order valence-corrected chi connectivity index (χ1v) is 9.34. The van der Waals surface area contributed by atoms with E-state index in [9.17, 15) is 4.79 Å². The third-order valence-corrected chi connectivity index (χ3v) is 5.65. The van der Waals surface area contributed by atoms with Gasteiger partial charge in [-0.05, 0) is 47.7 Å². The maximum absolute atomic E-state index is 12.5. The van der Waals surface area contributed by atoms with Gasteiger partial charge in [0, 0.05) is 4.88 Å². The third-order valence-electron chi connectivity index (χ3n) is 4.46. The Bertz CT molecular complexity index is 1110. The van der Waals surface area contributed by atoms with E-state index in [-0.39, 0.29) is 24.4 Å². The number of thiophene rings is 1. The predicted molar refractivity (Wildman–Crippen MR) is 98.3 cm³/mol. The predicted octanol–water partition coefficient (Wildman–Crippen LogP) is 4.51. The number of hydrogen-bond acceptors (Lipinski definition) is 7. The Labute approximate surface area is 158 Å². The van der Waals surface area contributed by atoms with Gasteiger partial charge in [-0.3, -0.25) is 0 Å². The number of aryl methyl sites for hydroxylation is 2. The molecule has 134 valence electrons. The fraction of sp³-hybridized carbons (Fsp3) is 0.150. The molecule has 5 rings (SSSR count). The van der Waals surface area contributed by atoms with Crippen molar-refractivity contribution >= 4 is 17.3 Å². The summed E-state index contributed by atoms with van der Waals surface area (Å²) in [5.74, 6) is 0.574. The summed E-state index contributed by atoms with van der Waals surface area (Å²) < 4.78 is 16.0. The number of furan rings is 1. The number of esters is 1. The van der Waals surface area contributed by atoms with Gasteiger partial charge in [-0.15, -0.1) is 21.5 Å². The molecule has 7 heteroatoms. The molecule has 4 aromatic rings. The number of carbonyl (C=O) groups is 1.